The summed E-state index contributed by atoms with van der Waals surface area (Å²) < 4.78 is 11.0. The highest BCUT2D eigenvalue weighted by molar-refractivity contribution is 6.01. The number of ether oxygens (including phenoxy) is 1. The number of methoxy groups -OCH3 is 1. The third-order valence-corrected chi connectivity index (χ3v) is 3.81. The zero-order chi connectivity index (χ0) is 18.0. The summed E-state index contributed by atoms with van der Waals surface area (Å²) in [5, 5.41) is 8.24. The summed E-state index contributed by atoms with van der Waals surface area (Å²) in [4.78, 5) is 26.5. The fourth-order valence-corrected chi connectivity index (χ4v) is 2.64. The topological polar surface area (TPSA) is 90.5 Å². The molecule has 0 aliphatic carbocycles. The predicted molar refractivity (Wildman–Crippen MR) is 90.0 cm³/mol. The molecular weight excluding hydrogens is 324 g/mol. The number of hydrogen-bond acceptors (Lipinski definition) is 7. The SMILES string of the molecule is COC(=O)c1nn(CN(C)Cc2ccccc2)c(=O)c2noc(C)c12. The number of carbonyl (C=O) groups excluding carboxylic acids is 1. The number of hydrogen-bond donors (Lipinski definition) is 0. The van der Waals surface area contributed by atoms with Gasteiger partial charge in [-0.05, 0) is 19.5 Å². The Morgan fingerprint density at radius 3 is 2.72 bits per heavy atom. The Morgan fingerprint density at radius 1 is 1.32 bits per heavy atom. The number of esters is 1. The van der Waals surface area contributed by atoms with Gasteiger partial charge in [0.2, 0.25) is 0 Å². The maximum absolute atomic E-state index is 12.6. The van der Waals surface area contributed by atoms with Crippen molar-refractivity contribution in [2.24, 2.45) is 0 Å². The van der Waals surface area contributed by atoms with Crippen molar-refractivity contribution in [1.29, 1.82) is 0 Å². The molecule has 0 unspecified atom stereocenters. The van der Waals surface area contributed by atoms with Crippen molar-refractivity contribution in [2.45, 2.75) is 20.1 Å². The number of nitrogens with zero attached hydrogens (tertiary/aromatic N) is 4. The van der Waals surface area contributed by atoms with E-state index in [-0.39, 0.29) is 17.9 Å². The Bertz CT molecular complexity index is 962. The molecule has 0 N–H and O–H groups in total. The maximum Gasteiger partial charge on any atom is 0.359 e. The zero-order valence-corrected chi connectivity index (χ0v) is 14.2. The van der Waals surface area contributed by atoms with Crippen LogP contribution in [0.3, 0.4) is 0 Å². The van der Waals surface area contributed by atoms with Crippen molar-refractivity contribution in [3.8, 4) is 0 Å². The molecule has 3 rings (SSSR count). The number of fused-ring (bicyclic) bond motifs is 1. The standard InChI is InChI=1S/C17H18N4O4/c1-11-13-14(19-25-11)16(22)21(18-15(13)17(23)24-3)10-20(2)9-12-7-5-4-6-8-12/h4-8H,9-10H2,1-3H3. The van der Waals surface area contributed by atoms with Crippen LogP contribution < -0.4 is 5.56 Å². The molecule has 3 aromatic rings. The molecule has 8 heteroatoms. The third-order valence-electron chi connectivity index (χ3n) is 3.81. The summed E-state index contributed by atoms with van der Waals surface area (Å²) in [5.74, 6) is -0.291. The second-order valence-corrected chi connectivity index (χ2v) is 5.75. The van der Waals surface area contributed by atoms with Crippen molar-refractivity contribution in [1.82, 2.24) is 19.8 Å². The molecule has 0 saturated heterocycles. The molecule has 2 aromatic heterocycles. The lowest BCUT2D eigenvalue weighted by molar-refractivity contribution is 0.0592. The van der Waals surface area contributed by atoms with Crippen molar-refractivity contribution >= 4 is 16.9 Å². The van der Waals surface area contributed by atoms with Gasteiger partial charge in [0.05, 0.1) is 19.2 Å². The van der Waals surface area contributed by atoms with Crippen LogP contribution in [0.15, 0.2) is 39.6 Å². The van der Waals surface area contributed by atoms with E-state index >= 15 is 0 Å². The van der Waals surface area contributed by atoms with E-state index in [1.807, 2.05) is 42.3 Å². The molecule has 8 nitrogen and oxygen atoms in total. The van der Waals surface area contributed by atoms with E-state index in [9.17, 15) is 9.59 Å². The minimum Gasteiger partial charge on any atom is -0.464 e. The average Bonchev–Trinajstić information content (AvgIpc) is 3.00. The van der Waals surface area contributed by atoms with E-state index in [0.29, 0.717) is 17.7 Å². The summed E-state index contributed by atoms with van der Waals surface area (Å²) in [6.45, 7) is 2.44. The van der Waals surface area contributed by atoms with E-state index in [1.165, 1.54) is 11.8 Å². The largest absolute Gasteiger partial charge is 0.464 e. The van der Waals surface area contributed by atoms with Crippen LogP contribution in [0.1, 0.15) is 21.8 Å². The van der Waals surface area contributed by atoms with Crippen LogP contribution in [0, 0.1) is 6.92 Å². The van der Waals surface area contributed by atoms with Gasteiger partial charge in [-0.2, -0.15) is 5.10 Å². The van der Waals surface area contributed by atoms with Crippen LogP contribution in [0.5, 0.6) is 0 Å². The molecule has 0 spiro atoms. The maximum atomic E-state index is 12.6. The zero-order valence-electron chi connectivity index (χ0n) is 14.2. The van der Waals surface area contributed by atoms with Crippen LogP contribution in [0.2, 0.25) is 0 Å². The van der Waals surface area contributed by atoms with Gasteiger partial charge in [0.1, 0.15) is 5.76 Å². The lowest BCUT2D eigenvalue weighted by Gasteiger charge is -2.17. The minimum absolute atomic E-state index is 0.0176. The first-order chi connectivity index (χ1) is 12.0. The molecule has 0 atom stereocenters. The van der Waals surface area contributed by atoms with E-state index < -0.39 is 11.5 Å². The van der Waals surface area contributed by atoms with Gasteiger partial charge in [-0.15, -0.1) is 0 Å². The first-order valence-electron chi connectivity index (χ1n) is 7.69. The van der Waals surface area contributed by atoms with E-state index in [0.717, 1.165) is 5.56 Å². The molecule has 0 fully saturated rings. The fourth-order valence-electron chi connectivity index (χ4n) is 2.64. The van der Waals surface area contributed by atoms with Crippen LogP contribution >= 0.6 is 0 Å². The molecule has 0 amide bonds. The lowest BCUT2D eigenvalue weighted by atomic mass is 10.2. The van der Waals surface area contributed by atoms with Crippen LogP contribution in [-0.4, -0.2) is 40.0 Å². The number of carbonyl (C=O) groups is 1. The lowest BCUT2D eigenvalue weighted by Crippen LogP contribution is -2.33. The summed E-state index contributed by atoms with van der Waals surface area (Å²) in [6.07, 6.45) is 0. The molecule has 0 radical (unpaired) electrons. The molecule has 1 aromatic carbocycles. The van der Waals surface area contributed by atoms with E-state index in [1.54, 1.807) is 6.92 Å². The third kappa shape index (κ3) is 3.29. The molecule has 25 heavy (non-hydrogen) atoms. The summed E-state index contributed by atoms with van der Waals surface area (Å²) in [6, 6.07) is 9.84. The highest BCUT2D eigenvalue weighted by Crippen LogP contribution is 2.18. The van der Waals surface area contributed by atoms with Gasteiger partial charge in [-0.3, -0.25) is 9.69 Å². The summed E-state index contributed by atoms with van der Waals surface area (Å²) in [5.41, 5.74) is 0.772. The highest BCUT2D eigenvalue weighted by atomic mass is 16.5. The van der Waals surface area contributed by atoms with Crippen molar-refractivity contribution in [3.05, 3.63) is 57.7 Å². The molecular formula is C17H18N4O4. The normalized spacial score (nSPS) is 11.2. The quantitative estimate of drug-likeness (QED) is 0.650. The first kappa shape index (κ1) is 16.8. The second-order valence-electron chi connectivity index (χ2n) is 5.75. The van der Waals surface area contributed by atoms with Gasteiger partial charge >= 0.3 is 5.97 Å². The Morgan fingerprint density at radius 2 is 2.04 bits per heavy atom. The smallest absolute Gasteiger partial charge is 0.359 e. The number of rotatable bonds is 5. The van der Waals surface area contributed by atoms with Gasteiger partial charge in [0.15, 0.2) is 11.2 Å². The van der Waals surface area contributed by atoms with Crippen molar-refractivity contribution in [3.63, 3.8) is 0 Å². The van der Waals surface area contributed by atoms with Crippen LogP contribution in [0.25, 0.3) is 10.9 Å². The molecule has 2 heterocycles. The van der Waals surface area contributed by atoms with Gasteiger partial charge in [-0.1, -0.05) is 35.5 Å². The molecule has 0 bridgehead atoms. The van der Waals surface area contributed by atoms with E-state index in [2.05, 4.69) is 10.3 Å². The van der Waals surface area contributed by atoms with Crippen LogP contribution in [-0.2, 0) is 18.0 Å². The number of aryl methyl sites for hydroxylation is 1. The Kier molecular flexibility index (Phi) is 4.62. The molecule has 0 saturated carbocycles. The predicted octanol–water partition coefficient (Wildman–Crippen LogP) is 1.57. The molecule has 130 valence electrons. The van der Waals surface area contributed by atoms with Gasteiger partial charge in [-0.25, -0.2) is 9.48 Å². The van der Waals surface area contributed by atoms with Gasteiger partial charge < -0.3 is 9.26 Å². The van der Waals surface area contributed by atoms with E-state index in [4.69, 9.17) is 9.26 Å². The van der Waals surface area contributed by atoms with Gasteiger partial charge in [0.25, 0.3) is 5.56 Å². The molecule has 0 aliphatic heterocycles. The van der Waals surface area contributed by atoms with Gasteiger partial charge in [0, 0.05) is 6.54 Å². The highest BCUT2D eigenvalue weighted by Gasteiger charge is 2.23. The Hall–Kier alpha value is -3.00. The van der Waals surface area contributed by atoms with Crippen molar-refractivity contribution < 1.29 is 14.1 Å². The van der Waals surface area contributed by atoms with Crippen molar-refractivity contribution in [2.75, 3.05) is 14.2 Å². The summed E-state index contributed by atoms with van der Waals surface area (Å²) >= 11 is 0. The van der Waals surface area contributed by atoms with Crippen LogP contribution in [0.4, 0.5) is 0 Å². The Balaban J connectivity index is 1.97. The number of benzene rings is 1. The fraction of sp³-hybridized carbons (Fsp3) is 0.294. The average molecular weight is 342 g/mol. The molecule has 0 aliphatic rings. The first-order valence-corrected chi connectivity index (χ1v) is 7.69. The second kappa shape index (κ2) is 6.86. The monoisotopic (exact) mass is 342 g/mol. The minimum atomic E-state index is -0.643. The number of aromatic nitrogens is 3. The Labute approximate surface area is 143 Å². The summed E-state index contributed by atoms with van der Waals surface area (Å²) in [7, 11) is 3.12.